The summed E-state index contributed by atoms with van der Waals surface area (Å²) < 4.78 is 24.9. The summed E-state index contributed by atoms with van der Waals surface area (Å²) >= 11 is 6.02. The number of hydrogen-bond acceptors (Lipinski definition) is 4. The highest BCUT2D eigenvalue weighted by atomic mass is 35.5. The Labute approximate surface area is 185 Å². The van der Waals surface area contributed by atoms with Crippen molar-refractivity contribution in [1.29, 1.82) is 0 Å². The lowest BCUT2D eigenvalue weighted by Gasteiger charge is -2.07. The molecule has 0 atom stereocenters. The van der Waals surface area contributed by atoms with Crippen LogP contribution in [-0.2, 0) is 9.84 Å². The first-order chi connectivity index (χ1) is 14.8. The smallest absolute Gasteiger partial charge is 0.276 e. The molecule has 6 nitrogen and oxygen atoms in total. The molecule has 1 N–H and O–H groups in total. The molecule has 1 aromatic heterocycles. The van der Waals surface area contributed by atoms with E-state index in [0.717, 1.165) is 23.2 Å². The number of benzene rings is 3. The van der Waals surface area contributed by atoms with Gasteiger partial charge in [-0.2, -0.15) is 5.10 Å². The summed E-state index contributed by atoms with van der Waals surface area (Å²) in [5.41, 5.74) is 3.10. The normalized spacial score (nSPS) is 11.3. The van der Waals surface area contributed by atoms with Gasteiger partial charge < -0.3 is 5.32 Å². The number of nitrogens with one attached hydrogen (secondary N) is 1. The molecule has 0 spiro atoms. The molecule has 0 saturated carbocycles. The van der Waals surface area contributed by atoms with Gasteiger partial charge in [0, 0.05) is 22.5 Å². The Balaban J connectivity index is 1.68. The van der Waals surface area contributed by atoms with E-state index < -0.39 is 15.7 Å². The second-order valence-corrected chi connectivity index (χ2v) is 9.37. The maximum Gasteiger partial charge on any atom is 0.276 e. The van der Waals surface area contributed by atoms with Gasteiger partial charge in [-0.25, -0.2) is 13.1 Å². The molecular weight excluding hydrogens is 434 g/mol. The van der Waals surface area contributed by atoms with Crippen LogP contribution in [0.2, 0.25) is 5.02 Å². The summed E-state index contributed by atoms with van der Waals surface area (Å²) in [7, 11) is -3.30. The van der Waals surface area contributed by atoms with Crippen molar-refractivity contribution in [2.75, 3.05) is 11.6 Å². The second-order valence-electron chi connectivity index (χ2n) is 6.92. The number of anilines is 1. The first kappa shape index (κ1) is 20.8. The molecule has 0 radical (unpaired) electrons. The number of rotatable bonds is 5. The van der Waals surface area contributed by atoms with Crippen molar-refractivity contribution in [2.24, 2.45) is 0 Å². The molecule has 0 bridgehead atoms. The Morgan fingerprint density at radius 3 is 2.19 bits per heavy atom. The van der Waals surface area contributed by atoms with E-state index in [9.17, 15) is 13.2 Å². The van der Waals surface area contributed by atoms with Gasteiger partial charge in [0.2, 0.25) is 0 Å². The predicted octanol–water partition coefficient (Wildman–Crippen LogP) is 4.85. The summed E-state index contributed by atoms with van der Waals surface area (Å²) in [6.07, 6.45) is 1.13. The van der Waals surface area contributed by atoms with Crippen LogP contribution in [0.4, 0.5) is 5.69 Å². The molecule has 0 aliphatic heterocycles. The lowest BCUT2D eigenvalue weighted by Crippen LogP contribution is -2.13. The highest BCUT2D eigenvalue weighted by Crippen LogP contribution is 2.26. The van der Waals surface area contributed by atoms with Gasteiger partial charge in [0.1, 0.15) is 0 Å². The summed E-state index contributed by atoms with van der Waals surface area (Å²) in [6, 6.07) is 24.5. The lowest BCUT2D eigenvalue weighted by atomic mass is 10.1. The van der Waals surface area contributed by atoms with Crippen LogP contribution in [0.3, 0.4) is 0 Å². The van der Waals surface area contributed by atoms with Crippen LogP contribution >= 0.6 is 11.6 Å². The van der Waals surface area contributed by atoms with Crippen molar-refractivity contribution >= 4 is 33.0 Å². The quantitative estimate of drug-likeness (QED) is 0.470. The molecule has 4 aromatic rings. The summed E-state index contributed by atoms with van der Waals surface area (Å²) in [6.45, 7) is 0. The topological polar surface area (TPSA) is 81.1 Å². The number of amides is 1. The van der Waals surface area contributed by atoms with Crippen molar-refractivity contribution in [3.8, 4) is 16.9 Å². The van der Waals surface area contributed by atoms with Crippen LogP contribution in [0, 0.1) is 0 Å². The molecular formula is C23H18ClN3O3S. The van der Waals surface area contributed by atoms with E-state index in [-0.39, 0.29) is 10.6 Å². The van der Waals surface area contributed by atoms with Gasteiger partial charge in [-0.15, -0.1) is 0 Å². The Morgan fingerprint density at radius 1 is 0.935 bits per heavy atom. The van der Waals surface area contributed by atoms with Crippen LogP contribution in [0.1, 0.15) is 10.5 Å². The van der Waals surface area contributed by atoms with E-state index in [0.29, 0.717) is 10.7 Å². The number of sulfone groups is 1. The molecule has 156 valence electrons. The minimum absolute atomic E-state index is 0.184. The number of hydrogen-bond donors (Lipinski definition) is 1. The summed E-state index contributed by atoms with van der Waals surface area (Å²) in [5.74, 6) is -0.406. The van der Waals surface area contributed by atoms with Crippen LogP contribution < -0.4 is 5.32 Å². The molecule has 8 heteroatoms. The molecule has 0 aliphatic carbocycles. The summed E-state index contributed by atoms with van der Waals surface area (Å²) in [5, 5.41) is 7.88. The first-order valence-electron chi connectivity index (χ1n) is 9.34. The largest absolute Gasteiger partial charge is 0.321 e. The second kappa shape index (κ2) is 8.37. The molecule has 0 unspecified atom stereocenters. The minimum Gasteiger partial charge on any atom is -0.321 e. The lowest BCUT2D eigenvalue weighted by molar-refractivity contribution is 0.102. The number of para-hydroxylation sites is 1. The molecule has 0 saturated heterocycles. The molecule has 31 heavy (non-hydrogen) atoms. The molecule has 1 heterocycles. The van der Waals surface area contributed by atoms with Crippen LogP contribution in [0.25, 0.3) is 16.9 Å². The van der Waals surface area contributed by atoms with Crippen molar-refractivity contribution < 1.29 is 13.2 Å². The van der Waals surface area contributed by atoms with Crippen molar-refractivity contribution in [2.45, 2.75) is 4.90 Å². The monoisotopic (exact) mass is 451 g/mol. The van der Waals surface area contributed by atoms with Gasteiger partial charge in [0.05, 0.1) is 16.3 Å². The average molecular weight is 452 g/mol. The van der Waals surface area contributed by atoms with Gasteiger partial charge in [-0.3, -0.25) is 4.79 Å². The van der Waals surface area contributed by atoms with E-state index in [2.05, 4.69) is 10.4 Å². The Bertz CT molecular complexity index is 1330. The molecule has 0 aliphatic rings. The SMILES string of the molecule is CS(=O)(=O)c1ccc(NC(=O)c2cc(-c3ccc(Cl)cc3)n(-c3ccccc3)n2)cc1. The van der Waals surface area contributed by atoms with Crippen molar-refractivity contribution in [3.05, 3.63) is 95.6 Å². The van der Waals surface area contributed by atoms with Gasteiger partial charge in [-0.05, 0) is 54.6 Å². The number of carbonyl (C=O) groups excluding carboxylic acids is 1. The molecule has 1 amide bonds. The van der Waals surface area contributed by atoms with E-state index in [1.807, 2.05) is 42.5 Å². The number of carbonyl (C=O) groups is 1. The highest BCUT2D eigenvalue weighted by molar-refractivity contribution is 7.90. The van der Waals surface area contributed by atoms with Gasteiger partial charge in [0.25, 0.3) is 5.91 Å². The van der Waals surface area contributed by atoms with Crippen LogP contribution in [0.5, 0.6) is 0 Å². The minimum atomic E-state index is -3.30. The average Bonchev–Trinajstić information content (AvgIpc) is 3.20. The zero-order chi connectivity index (χ0) is 22.0. The van der Waals surface area contributed by atoms with Gasteiger partial charge in [-0.1, -0.05) is 41.9 Å². The Morgan fingerprint density at radius 2 is 1.58 bits per heavy atom. The number of nitrogens with zero attached hydrogens (tertiary/aromatic N) is 2. The molecule has 0 fully saturated rings. The van der Waals surface area contributed by atoms with E-state index in [1.54, 1.807) is 35.0 Å². The predicted molar refractivity (Wildman–Crippen MR) is 122 cm³/mol. The van der Waals surface area contributed by atoms with E-state index in [4.69, 9.17) is 11.6 Å². The van der Waals surface area contributed by atoms with Crippen LogP contribution in [-0.4, -0.2) is 30.4 Å². The Kier molecular flexibility index (Phi) is 5.63. The molecule has 4 rings (SSSR count). The summed E-state index contributed by atoms with van der Waals surface area (Å²) in [4.78, 5) is 13.0. The van der Waals surface area contributed by atoms with Gasteiger partial charge >= 0.3 is 0 Å². The Hall–Kier alpha value is -3.42. The fourth-order valence-electron chi connectivity index (χ4n) is 3.06. The highest BCUT2D eigenvalue weighted by Gasteiger charge is 2.17. The van der Waals surface area contributed by atoms with Crippen LogP contribution in [0.15, 0.2) is 89.8 Å². The number of aromatic nitrogens is 2. The zero-order valence-electron chi connectivity index (χ0n) is 16.5. The van der Waals surface area contributed by atoms with Gasteiger partial charge in [0.15, 0.2) is 15.5 Å². The third-order valence-electron chi connectivity index (χ3n) is 4.62. The fourth-order valence-corrected chi connectivity index (χ4v) is 3.82. The third-order valence-corrected chi connectivity index (χ3v) is 6.00. The van der Waals surface area contributed by atoms with E-state index in [1.165, 1.54) is 12.1 Å². The maximum absolute atomic E-state index is 12.9. The first-order valence-corrected chi connectivity index (χ1v) is 11.6. The fraction of sp³-hybridized carbons (Fsp3) is 0.0435. The van der Waals surface area contributed by atoms with Crippen molar-refractivity contribution in [3.63, 3.8) is 0 Å². The third kappa shape index (κ3) is 4.68. The number of halogens is 1. The zero-order valence-corrected chi connectivity index (χ0v) is 18.1. The van der Waals surface area contributed by atoms with Crippen molar-refractivity contribution in [1.82, 2.24) is 9.78 Å². The molecule has 3 aromatic carbocycles. The van der Waals surface area contributed by atoms with E-state index >= 15 is 0 Å². The standard InChI is InChI=1S/C23H18ClN3O3S/c1-31(29,30)20-13-11-18(12-14-20)25-23(28)21-15-22(16-7-9-17(24)10-8-16)27(26-21)19-5-3-2-4-6-19/h2-15H,1H3,(H,25,28). The maximum atomic E-state index is 12.9.